The van der Waals surface area contributed by atoms with Gasteiger partial charge in [0.2, 0.25) is 0 Å². The van der Waals surface area contributed by atoms with E-state index < -0.39 is 4.87 Å². The molecule has 1 aliphatic rings. The van der Waals surface area contributed by atoms with Gasteiger partial charge in [-0.1, -0.05) is 54.2 Å². The molecule has 0 radical (unpaired) electrons. The number of ether oxygens (including phenoxy) is 1. The molecule has 30 heavy (non-hydrogen) atoms. The van der Waals surface area contributed by atoms with Gasteiger partial charge < -0.3 is 15.4 Å². The molecule has 2 aromatic carbocycles. The first-order chi connectivity index (χ1) is 14.5. The average Bonchev–Trinajstić information content (AvgIpc) is 3.17. The molecule has 2 amide bonds. The lowest BCUT2D eigenvalue weighted by molar-refractivity contribution is 0.115. The Hall–Kier alpha value is -2.42. The Labute approximate surface area is 180 Å². The number of urea groups is 1. The summed E-state index contributed by atoms with van der Waals surface area (Å²) in [6.07, 6.45) is 1.32. The van der Waals surface area contributed by atoms with Gasteiger partial charge in [0.05, 0.1) is 6.61 Å². The predicted octanol–water partition coefficient (Wildman–Crippen LogP) is 3.83. The number of amides is 2. The van der Waals surface area contributed by atoms with Crippen molar-refractivity contribution in [2.75, 3.05) is 33.9 Å². The van der Waals surface area contributed by atoms with Gasteiger partial charge in [-0.25, -0.2) is 9.18 Å². The monoisotopic (exact) mass is 430 g/mol. The molecular formula is C22H27FN4O2S. The first kappa shape index (κ1) is 22.3. The van der Waals surface area contributed by atoms with Crippen LogP contribution in [0.4, 0.5) is 9.18 Å². The molecule has 0 bridgehead atoms. The normalized spacial score (nSPS) is 18.4. The van der Waals surface area contributed by atoms with Crippen molar-refractivity contribution >= 4 is 22.8 Å². The number of hydrazone groups is 1. The predicted molar refractivity (Wildman–Crippen MR) is 119 cm³/mol. The lowest BCUT2D eigenvalue weighted by atomic mass is 10.0. The van der Waals surface area contributed by atoms with E-state index in [2.05, 4.69) is 5.10 Å². The second-order valence-corrected chi connectivity index (χ2v) is 8.34. The zero-order valence-corrected chi connectivity index (χ0v) is 18.1. The van der Waals surface area contributed by atoms with E-state index in [-0.39, 0.29) is 11.8 Å². The molecule has 6 nitrogen and oxygen atoms in total. The van der Waals surface area contributed by atoms with E-state index in [0.717, 1.165) is 5.56 Å². The Kier molecular flexibility index (Phi) is 7.47. The van der Waals surface area contributed by atoms with E-state index in [1.807, 2.05) is 30.3 Å². The molecule has 0 aliphatic carbocycles. The van der Waals surface area contributed by atoms with E-state index >= 15 is 0 Å². The van der Waals surface area contributed by atoms with Crippen LogP contribution in [0.3, 0.4) is 0 Å². The summed E-state index contributed by atoms with van der Waals surface area (Å²) < 4.78 is 19.0. The smallest absolute Gasteiger partial charge is 0.341 e. The van der Waals surface area contributed by atoms with Crippen molar-refractivity contribution in [1.82, 2.24) is 9.91 Å². The number of thioether (sulfide) groups is 1. The summed E-state index contributed by atoms with van der Waals surface area (Å²) >= 11 is 1.47. The van der Waals surface area contributed by atoms with Crippen molar-refractivity contribution in [3.05, 3.63) is 71.5 Å². The number of benzene rings is 2. The van der Waals surface area contributed by atoms with E-state index in [9.17, 15) is 9.18 Å². The van der Waals surface area contributed by atoms with Crippen molar-refractivity contribution in [1.29, 1.82) is 0 Å². The summed E-state index contributed by atoms with van der Waals surface area (Å²) in [5.74, 6) is -0.343. The minimum atomic E-state index is -0.763. The topological polar surface area (TPSA) is 71.2 Å². The Balaban J connectivity index is 2.06. The second-order valence-electron chi connectivity index (χ2n) is 7.07. The maximum Gasteiger partial charge on any atom is 0.341 e. The van der Waals surface area contributed by atoms with Crippen LogP contribution in [0.1, 0.15) is 24.0 Å². The minimum Gasteiger partial charge on any atom is -0.383 e. The SMILES string of the molecule is COCCN(C)C(=O)N1N=C(c2cccc(F)c2)SC1(CCCN)c1ccccc1. The maximum atomic E-state index is 13.9. The molecule has 0 aromatic heterocycles. The van der Waals surface area contributed by atoms with E-state index in [1.165, 1.54) is 28.9 Å². The Morgan fingerprint density at radius 1 is 1.27 bits per heavy atom. The summed E-state index contributed by atoms with van der Waals surface area (Å²) in [6, 6.07) is 15.8. The summed E-state index contributed by atoms with van der Waals surface area (Å²) in [5.41, 5.74) is 7.42. The van der Waals surface area contributed by atoms with E-state index in [1.54, 1.807) is 31.2 Å². The maximum absolute atomic E-state index is 13.9. The Morgan fingerprint density at radius 3 is 2.70 bits per heavy atom. The first-order valence-corrected chi connectivity index (χ1v) is 10.7. The van der Waals surface area contributed by atoms with E-state index in [4.69, 9.17) is 10.5 Å². The first-order valence-electron chi connectivity index (χ1n) is 9.85. The van der Waals surface area contributed by atoms with Gasteiger partial charge in [-0.3, -0.25) is 0 Å². The number of hydrogen-bond acceptors (Lipinski definition) is 5. The van der Waals surface area contributed by atoms with Gasteiger partial charge in [-0.05, 0) is 37.1 Å². The third-order valence-electron chi connectivity index (χ3n) is 4.95. The van der Waals surface area contributed by atoms with Crippen LogP contribution in [0.2, 0.25) is 0 Å². The van der Waals surface area contributed by atoms with Gasteiger partial charge in [0.15, 0.2) is 0 Å². The van der Waals surface area contributed by atoms with Crippen LogP contribution in [0, 0.1) is 5.82 Å². The summed E-state index contributed by atoms with van der Waals surface area (Å²) in [5, 5.41) is 6.81. The molecule has 0 fully saturated rings. The largest absolute Gasteiger partial charge is 0.383 e. The molecule has 0 saturated carbocycles. The van der Waals surface area contributed by atoms with Crippen molar-refractivity contribution in [2.24, 2.45) is 10.8 Å². The quantitative estimate of drug-likeness (QED) is 0.691. The summed E-state index contributed by atoms with van der Waals surface area (Å²) in [7, 11) is 3.32. The van der Waals surface area contributed by atoms with Crippen LogP contribution in [0.15, 0.2) is 59.7 Å². The van der Waals surface area contributed by atoms with Crippen LogP contribution in [-0.4, -0.2) is 54.8 Å². The third-order valence-corrected chi connectivity index (χ3v) is 6.41. The zero-order chi connectivity index (χ0) is 21.6. The van der Waals surface area contributed by atoms with Crippen molar-refractivity contribution < 1.29 is 13.9 Å². The third kappa shape index (κ3) is 4.66. The lowest BCUT2D eigenvalue weighted by Gasteiger charge is -2.37. The molecule has 0 saturated heterocycles. The Bertz CT molecular complexity index is 896. The van der Waals surface area contributed by atoms with Gasteiger partial charge in [-0.15, -0.1) is 0 Å². The van der Waals surface area contributed by atoms with Crippen LogP contribution in [-0.2, 0) is 9.61 Å². The van der Waals surface area contributed by atoms with Crippen LogP contribution < -0.4 is 5.73 Å². The van der Waals surface area contributed by atoms with Crippen molar-refractivity contribution in [2.45, 2.75) is 17.7 Å². The summed E-state index contributed by atoms with van der Waals surface area (Å²) in [4.78, 5) is 14.2. The van der Waals surface area contributed by atoms with Crippen molar-refractivity contribution in [3.63, 3.8) is 0 Å². The molecule has 2 N–H and O–H groups in total. The summed E-state index contributed by atoms with van der Waals surface area (Å²) in [6.45, 7) is 1.35. The fraction of sp³-hybridized carbons (Fsp3) is 0.364. The van der Waals surface area contributed by atoms with Gasteiger partial charge in [0.1, 0.15) is 15.7 Å². The highest BCUT2D eigenvalue weighted by molar-refractivity contribution is 8.15. The van der Waals surface area contributed by atoms with Crippen LogP contribution >= 0.6 is 11.8 Å². The van der Waals surface area contributed by atoms with Gasteiger partial charge in [0.25, 0.3) is 0 Å². The molecule has 1 atom stereocenters. The molecule has 0 spiro atoms. The number of nitrogens with zero attached hydrogens (tertiary/aromatic N) is 3. The fourth-order valence-corrected chi connectivity index (χ4v) is 4.73. The van der Waals surface area contributed by atoms with Crippen molar-refractivity contribution in [3.8, 4) is 0 Å². The molecule has 3 rings (SSSR count). The number of methoxy groups -OCH3 is 1. The highest BCUT2D eigenvalue weighted by Gasteiger charge is 2.49. The minimum absolute atomic E-state index is 0.244. The van der Waals surface area contributed by atoms with Gasteiger partial charge in [-0.2, -0.15) is 10.1 Å². The number of halogens is 1. The molecule has 1 unspecified atom stereocenters. The fourth-order valence-electron chi connectivity index (χ4n) is 3.34. The molecule has 2 aromatic rings. The number of rotatable bonds is 8. The number of carbonyl (C=O) groups excluding carboxylic acids is 1. The number of carbonyl (C=O) groups is 1. The van der Waals surface area contributed by atoms with Crippen LogP contribution in [0.5, 0.6) is 0 Å². The number of likely N-dealkylation sites (N-methyl/N-ethyl adjacent to an activating group) is 1. The average molecular weight is 431 g/mol. The number of nitrogens with two attached hydrogens (primary N) is 1. The van der Waals surface area contributed by atoms with Gasteiger partial charge >= 0.3 is 6.03 Å². The standard InChI is InChI=1S/C22H27FN4O2S/c1-26(14-15-29-2)21(28)27-22(12-7-13-24,18-9-4-3-5-10-18)30-20(25-27)17-8-6-11-19(23)16-17/h3-6,8-11,16H,7,12-15,24H2,1-2H3. The van der Waals surface area contributed by atoms with E-state index in [0.29, 0.717) is 43.1 Å². The molecule has 8 heteroatoms. The Morgan fingerprint density at radius 2 is 2.03 bits per heavy atom. The number of hydrogen-bond donors (Lipinski definition) is 1. The molecule has 1 heterocycles. The highest BCUT2D eigenvalue weighted by atomic mass is 32.2. The highest BCUT2D eigenvalue weighted by Crippen LogP contribution is 2.50. The zero-order valence-electron chi connectivity index (χ0n) is 17.3. The molecule has 1 aliphatic heterocycles. The van der Waals surface area contributed by atoms with Crippen LogP contribution in [0.25, 0.3) is 0 Å². The molecule has 160 valence electrons. The molecular weight excluding hydrogens is 403 g/mol. The van der Waals surface area contributed by atoms with Gasteiger partial charge in [0, 0.05) is 26.3 Å². The second kappa shape index (κ2) is 10.1. The lowest BCUT2D eigenvalue weighted by Crippen LogP contribution is -2.48.